The molecule has 35 heavy (non-hydrogen) atoms. The third kappa shape index (κ3) is 6.18. The minimum atomic E-state index is -3.59. The zero-order valence-corrected chi connectivity index (χ0v) is 21.0. The van der Waals surface area contributed by atoms with E-state index < -0.39 is 10.0 Å². The fourth-order valence-electron chi connectivity index (χ4n) is 4.64. The average Bonchev–Trinajstić information content (AvgIpc) is 2.89. The molecule has 2 saturated heterocycles. The molecule has 0 bridgehead atoms. The van der Waals surface area contributed by atoms with Crippen LogP contribution in [-0.4, -0.2) is 55.6 Å². The Labute approximate surface area is 207 Å². The van der Waals surface area contributed by atoms with Crippen LogP contribution < -0.4 is 5.32 Å². The van der Waals surface area contributed by atoms with Gasteiger partial charge in [0.2, 0.25) is 21.8 Å². The lowest BCUT2D eigenvalue weighted by Crippen LogP contribution is -2.40. The number of carbonyl (C=O) groups is 2. The van der Waals surface area contributed by atoms with Crippen LogP contribution in [0.2, 0.25) is 0 Å². The normalized spacial score (nSPS) is 18.0. The van der Waals surface area contributed by atoms with Gasteiger partial charge in [-0.25, -0.2) is 8.42 Å². The van der Waals surface area contributed by atoms with Crippen LogP contribution in [0.3, 0.4) is 0 Å². The molecular formula is C27H33N3O4S. The van der Waals surface area contributed by atoms with E-state index in [1.807, 2.05) is 30.3 Å². The third-order valence-corrected chi connectivity index (χ3v) is 8.82. The summed E-state index contributed by atoms with van der Waals surface area (Å²) in [6.07, 6.45) is 7.31. The fourth-order valence-corrected chi connectivity index (χ4v) is 6.41. The Morgan fingerprint density at radius 2 is 1.63 bits per heavy atom. The van der Waals surface area contributed by atoms with Gasteiger partial charge in [-0.2, -0.15) is 4.31 Å². The molecule has 0 radical (unpaired) electrons. The molecule has 0 spiro atoms. The van der Waals surface area contributed by atoms with Crippen molar-refractivity contribution in [3.05, 3.63) is 65.7 Å². The van der Waals surface area contributed by atoms with Gasteiger partial charge in [-0.3, -0.25) is 9.59 Å². The highest BCUT2D eigenvalue weighted by molar-refractivity contribution is 7.89. The Morgan fingerprint density at radius 1 is 0.943 bits per heavy atom. The second-order valence-corrected chi connectivity index (χ2v) is 11.2. The SMILES string of the molecule is Cc1ccc(NC(=O)C2CCN(C(=O)/C=C/c3ccccc3)CC2)cc1S(=O)(=O)N1CCCCC1. The topological polar surface area (TPSA) is 86.8 Å². The summed E-state index contributed by atoms with van der Waals surface area (Å²) >= 11 is 0. The fraction of sp³-hybridized carbons (Fsp3) is 0.407. The smallest absolute Gasteiger partial charge is 0.246 e. The first kappa shape index (κ1) is 25.1. The van der Waals surface area contributed by atoms with Crippen molar-refractivity contribution >= 4 is 33.6 Å². The number of amides is 2. The van der Waals surface area contributed by atoms with Gasteiger partial charge in [-0.15, -0.1) is 0 Å². The molecule has 7 nitrogen and oxygen atoms in total. The van der Waals surface area contributed by atoms with Crippen molar-refractivity contribution in [3.8, 4) is 0 Å². The first-order valence-electron chi connectivity index (χ1n) is 12.3. The molecule has 0 atom stereocenters. The highest BCUT2D eigenvalue weighted by Crippen LogP contribution is 2.27. The van der Waals surface area contributed by atoms with Crippen molar-refractivity contribution in [1.29, 1.82) is 0 Å². The number of aryl methyl sites for hydroxylation is 1. The molecule has 0 aromatic heterocycles. The minimum absolute atomic E-state index is 0.0567. The number of hydrogen-bond acceptors (Lipinski definition) is 4. The van der Waals surface area contributed by atoms with E-state index in [-0.39, 0.29) is 22.6 Å². The van der Waals surface area contributed by atoms with E-state index in [1.165, 1.54) is 0 Å². The maximum absolute atomic E-state index is 13.2. The molecular weight excluding hydrogens is 462 g/mol. The van der Waals surface area contributed by atoms with Gasteiger partial charge in [-0.1, -0.05) is 42.8 Å². The predicted octanol–water partition coefficient (Wildman–Crippen LogP) is 4.06. The van der Waals surface area contributed by atoms with Gasteiger partial charge in [0.05, 0.1) is 4.90 Å². The van der Waals surface area contributed by atoms with Crippen molar-refractivity contribution in [2.45, 2.75) is 43.9 Å². The monoisotopic (exact) mass is 495 g/mol. The average molecular weight is 496 g/mol. The summed E-state index contributed by atoms with van der Waals surface area (Å²) in [5.41, 5.74) is 2.12. The Morgan fingerprint density at radius 3 is 2.31 bits per heavy atom. The van der Waals surface area contributed by atoms with E-state index in [4.69, 9.17) is 0 Å². The molecule has 186 valence electrons. The standard InChI is InChI=1S/C27H33N3O4S/c1-21-10-12-24(20-25(21)35(33,34)30-16-6-3-7-17-30)28-27(32)23-14-18-29(19-15-23)26(31)13-11-22-8-4-2-5-9-22/h2,4-5,8-13,20,23H,3,6-7,14-19H2,1H3,(H,28,32)/b13-11+. The summed E-state index contributed by atoms with van der Waals surface area (Å²) in [7, 11) is -3.59. The van der Waals surface area contributed by atoms with Crippen molar-refractivity contribution in [3.63, 3.8) is 0 Å². The molecule has 2 amide bonds. The van der Waals surface area contributed by atoms with E-state index in [0.29, 0.717) is 50.3 Å². The number of sulfonamides is 1. The summed E-state index contributed by atoms with van der Waals surface area (Å²) in [6.45, 7) is 3.88. The zero-order chi connectivity index (χ0) is 24.8. The van der Waals surface area contributed by atoms with Crippen LogP contribution in [0.4, 0.5) is 5.69 Å². The summed E-state index contributed by atoms with van der Waals surface area (Å²) in [5.74, 6) is -0.415. The third-order valence-electron chi connectivity index (χ3n) is 6.78. The lowest BCUT2D eigenvalue weighted by molar-refractivity contribution is -0.130. The molecule has 0 unspecified atom stereocenters. The van der Waals surface area contributed by atoms with Crippen LogP contribution in [0.25, 0.3) is 6.08 Å². The highest BCUT2D eigenvalue weighted by Gasteiger charge is 2.29. The van der Waals surface area contributed by atoms with E-state index in [0.717, 1.165) is 24.8 Å². The Kier molecular flexibility index (Phi) is 8.03. The van der Waals surface area contributed by atoms with Gasteiger partial charge in [0.1, 0.15) is 0 Å². The molecule has 0 saturated carbocycles. The number of piperidine rings is 2. The number of benzene rings is 2. The van der Waals surface area contributed by atoms with Gasteiger partial charge < -0.3 is 10.2 Å². The zero-order valence-electron chi connectivity index (χ0n) is 20.2. The molecule has 4 rings (SSSR count). The van der Waals surface area contributed by atoms with Gasteiger partial charge in [-0.05, 0) is 61.9 Å². The van der Waals surface area contributed by atoms with E-state index in [1.54, 1.807) is 46.5 Å². The number of rotatable bonds is 6. The lowest BCUT2D eigenvalue weighted by atomic mass is 9.95. The van der Waals surface area contributed by atoms with Gasteiger partial charge in [0.25, 0.3) is 0 Å². The van der Waals surface area contributed by atoms with Crippen molar-refractivity contribution in [1.82, 2.24) is 9.21 Å². The number of likely N-dealkylation sites (tertiary alicyclic amines) is 1. The summed E-state index contributed by atoms with van der Waals surface area (Å²) in [4.78, 5) is 27.4. The number of anilines is 1. The molecule has 0 aliphatic carbocycles. The first-order chi connectivity index (χ1) is 16.8. The quantitative estimate of drug-likeness (QED) is 0.613. The van der Waals surface area contributed by atoms with E-state index >= 15 is 0 Å². The maximum Gasteiger partial charge on any atom is 0.246 e. The van der Waals surface area contributed by atoms with Crippen LogP contribution in [0, 0.1) is 12.8 Å². The lowest BCUT2D eigenvalue weighted by Gasteiger charge is -2.30. The summed E-state index contributed by atoms with van der Waals surface area (Å²) < 4.78 is 27.9. The van der Waals surface area contributed by atoms with Crippen LogP contribution >= 0.6 is 0 Å². The molecule has 2 aliphatic heterocycles. The van der Waals surface area contributed by atoms with Crippen LogP contribution in [0.5, 0.6) is 0 Å². The van der Waals surface area contributed by atoms with Gasteiger partial charge in [0, 0.05) is 43.9 Å². The van der Waals surface area contributed by atoms with Crippen molar-refractivity contribution in [2.75, 3.05) is 31.5 Å². The molecule has 2 aliphatic rings. The number of nitrogens with zero attached hydrogens (tertiary/aromatic N) is 2. The Bertz CT molecular complexity index is 1180. The van der Waals surface area contributed by atoms with E-state index in [2.05, 4.69) is 5.32 Å². The van der Waals surface area contributed by atoms with E-state index in [9.17, 15) is 18.0 Å². The highest BCUT2D eigenvalue weighted by atomic mass is 32.2. The molecule has 2 aromatic rings. The summed E-state index contributed by atoms with van der Waals surface area (Å²) in [5, 5.41) is 2.91. The largest absolute Gasteiger partial charge is 0.339 e. The Hall–Kier alpha value is -2.97. The van der Waals surface area contributed by atoms with Gasteiger partial charge >= 0.3 is 0 Å². The number of hydrogen-bond donors (Lipinski definition) is 1. The van der Waals surface area contributed by atoms with Crippen LogP contribution in [0.15, 0.2) is 59.5 Å². The minimum Gasteiger partial charge on any atom is -0.339 e. The number of nitrogens with one attached hydrogen (secondary N) is 1. The molecule has 2 aromatic carbocycles. The maximum atomic E-state index is 13.2. The molecule has 8 heteroatoms. The second kappa shape index (κ2) is 11.2. The van der Waals surface area contributed by atoms with Crippen molar-refractivity contribution < 1.29 is 18.0 Å². The second-order valence-electron chi connectivity index (χ2n) is 9.28. The van der Waals surface area contributed by atoms with Crippen LogP contribution in [0.1, 0.15) is 43.2 Å². The molecule has 2 fully saturated rings. The van der Waals surface area contributed by atoms with Crippen molar-refractivity contribution in [2.24, 2.45) is 5.92 Å². The predicted molar refractivity (Wildman–Crippen MR) is 137 cm³/mol. The number of carbonyl (C=O) groups excluding carboxylic acids is 2. The van der Waals surface area contributed by atoms with Gasteiger partial charge in [0.15, 0.2) is 0 Å². The molecule has 1 N–H and O–H groups in total. The van der Waals surface area contributed by atoms with Crippen LogP contribution in [-0.2, 0) is 19.6 Å². The Balaban J connectivity index is 1.34. The first-order valence-corrected chi connectivity index (χ1v) is 13.7. The summed E-state index contributed by atoms with van der Waals surface area (Å²) in [6, 6.07) is 14.7. The molecule has 2 heterocycles.